The molecule has 31 heavy (non-hydrogen) atoms. The fourth-order valence-electron chi connectivity index (χ4n) is 2.48. The van der Waals surface area contributed by atoms with Crippen LogP contribution in [0, 0.1) is 11.8 Å². The molecule has 158 valence electrons. The summed E-state index contributed by atoms with van der Waals surface area (Å²) in [7, 11) is 0. The Morgan fingerprint density at radius 1 is 1.00 bits per heavy atom. The zero-order valence-electron chi connectivity index (χ0n) is 15.7. The first-order valence-corrected chi connectivity index (χ1v) is 9.63. The monoisotopic (exact) mass is 490 g/mol. The van der Waals surface area contributed by atoms with Gasteiger partial charge in [0.15, 0.2) is 10.4 Å². The maximum absolute atomic E-state index is 12.7. The van der Waals surface area contributed by atoms with Gasteiger partial charge in [-0.2, -0.15) is 13.2 Å². The number of amides is 2. The maximum Gasteiger partial charge on any atom is 0.416 e. The third-order valence-corrected chi connectivity index (χ3v) is 4.39. The van der Waals surface area contributed by atoms with Gasteiger partial charge < -0.3 is 15.1 Å². The van der Waals surface area contributed by atoms with Gasteiger partial charge in [0, 0.05) is 16.8 Å². The summed E-state index contributed by atoms with van der Waals surface area (Å²) >= 11 is 3.12. The number of alkyl halides is 3. The normalized spacial score (nSPS) is 10.7. The van der Waals surface area contributed by atoms with Gasteiger partial charge >= 0.3 is 6.18 Å². The van der Waals surface area contributed by atoms with E-state index in [-0.39, 0.29) is 17.9 Å². The summed E-state index contributed by atoms with van der Waals surface area (Å²) in [4.78, 5) is 24.2. The van der Waals surface area contributed by atoms with Crippen LogP contribution in [-0.4, -0.2) is 18.4 Å². The molecule has 0 saturated carbocycles. The highest BCUT2D eigenvalue weighted by molar-refractivity contribution is 9.10. The van der Waals surface area contributed by atoms with E-state index in [1.165, 1.54) is 30.3 Å². The molecule has 0 saturated heterocycles. The van der Waals surface area contributed by atoms with Crippen LogP contribution in [0.4, 0.5) is 18.9 Å². The van der Waals surface area contributed by atoms with Crippen LogP contribution >= 0.6 is 15.9 Å². The number of carbonyl (C=O) groups is 2. The topological polar surface area (TPSA) is 71.3 Å². The fourth-order valence-corrected chi connectivity index (χ4v) is 2.79. The second-order valence-electron chi connectivity index (χ2n) is 6.20. The number of carbonyl (C=O) groups excluding carboxylic acids is 2. The molecule has 2 N–H and O–H groups in total. The molecule has 1 heterocycles. The lowest BCUT2D eigenvalue weighted by Gasteiger charge is -2.06. The SMILES string of the molecule is O=C(NCC#Cc1cccc(C(F)(F)F)c1)c1ccc(NC(=O)c2ccc(Br)o2)cc1. The number of nitrogens with one attached hydrogen (secondary N) is 2. The molecule has 0 aliphatic rings. The van der Waals surface area contributed by atoms with Gasteiger partial charge in [-0.25, -0.2) is 0 Å². The predicted octanol–water partition coefficient (Wildman–Crippen LogP) is 5.09. The molecule has 0 radical (unpaired) electrons. The van der Waals surface area contributed by atoms with Crippen molar-refractivity contribution in [1.82, 2.24) is 5.32 Å². The molecule has 0 aliphatic heterocycles. The molecule has 3 aromatic rings. The quantitative estimate of drug-likeness (QED) is 0.500. The lowest BCUT2D eigenvalue weighted by atomic mass is 10.1. The lowest BCUT2D eigenvalue weighted by molar-refractivity contribution is -0.137. The van der Waals surface area contributed by atoms with Crippen molar-refractivity contribution in [3.05, 3.63) is 87.8 Å². The second-order valence-corrected chi connectivity index (χ2v) is 6.98. The van der Waals surface area contributed by atoms with Gasteiger partial charge in [-0.05, 0) is 70.5 Å². The summed E-state index contributed by atoms with van der Waals surface area (Å²) in [5.74, 6) is 4.49. The molecule has 9 heteroatoms. The van der Waals surface area contributed by atoms with Gasteiger partial charge in [0.25, 0.3) is 11.8 Å². The molecule has 2 amide bonds. The third-order valence-electron chi connectivity index (χ3n) is 3.96. The predicted molar refractivity (Wildman–Crippen MR) is 111 cm³/mol. The molecule has 5 nitrogen and oxygen atoms in total. The Labute approximate surface area is 183 Å². The smallest absolute Gasteiger partial charge is 0.416 e. The number of benzene rings is 2. The highest BCUT2D eigenvalue weighted by Gasteiger charge is 2.30. The minimum atomic E-state index is -4.44. The van der Waals surface area contributed by atoms with Gasteiger partial charge in [0.05, 0.1) is 12.1 Å². The van der Waals surface area contributed by atoms with Gasteiger partial charge in [0.2, 0.25) is 0 Å². The van der Waals surface area contributed by atoms with E-state index < -0.39 is 23.6 Å². The van der Waals surface area contributed by atoms with Crippen molar-refractivity contribution >= 4 is 33.4 Å². The van der Waals surface area contributed by atoms with Crippen LogP contribution < -0.4 is 10.6 Å². The van der Waals surface area contributed by atoms with E-state index in [1.54, 1.807) is 18.2 Å². The molecule has 2 aromatic carbocycles. The van der Waals surface area contributed by atoms with E-state index in [1.807, 2.05) is 0 Å². The summed E-state index contributed by atoms with van der Waals surface area (Å²) in [6, 6.07) is 13.9. The Morgan fingerprint density at radius 2 is 1.74 bits per heavy atom. The zero-order valence-corrected chi connectivity index (χ0v) is 17.3. The first-order chi connectivity index (χ1) is 14.7. The van der Waals surface area contributed by atoms with E-state index in [0.29, 0.717) is 15.9 Å². The van der Waals surface area contributed by atoms with Crippen LogP contribution in [0.1, 0.15) is 32.0 Å². The number of halogens is 4. The largest absolute Gasteiger partial charge is 0.444 e. The zero-order chi connectivity index (χ0) is 22.4. The summed E-state index contributed by atoms with van der Waals surface area (Å²) in [5.41, 5.74) is 0.223. The van der Waals surface area contributed by atoms with E-state index >= 15 is 0 Å². The minimum Gasteiger partial charge on any atom is -0.444 e. The van der Waals surface area contributed by atoms with Crippen molar-refractivity contribution in [3.8, 4) is 11.8 Å². The van der Waals surface area contributed by atoms with Gasteiger partial charge in [0.1, 0.15) is 0 Å². The van der Waals surface area contributed by atoms with Crippen LogP contribution in [0.2, 0.25) is 0 Å². The molecule has 0 aliphatic carbocycles. The average molecular weight is 491 g/mol. The molecular weight excluding hydrogens is 477 g/mol. The van der Waals surface area contributed by atoms with Crippen molar-refractivity contribution < 1.29 is 27.2 Å². The summed E-state index contributed by atoms with van der Waals surface area (Å²) in [6.07, 6.45) is -4.44. The molecular formula is C22H14BrF3N2O3. The molecule has 1 aromatic heterocycles. The van der Waals surface area contributed by atoms with E-state index in [4.69, 9.17) is 4.42 Å². The Kier molecular flexibility index (Phi) is 6.82. The van der Waals surface area contributed by atoms with E-state index in [0.717, 1.165) is 12.1 Å². The van der Waals surface area contributed by atoms with Crippen molar-refractivity contribution in [2.75, 3.05) is 11.9 Å². The Balaban J connectivity index is 1.54. The number of anilines is 1. The molecule has 0 unspecified atom stereocenters. The number of rotatable bonds is 4. The second kappa shape index (κ2) is 9.53. The van der Waals surface area contributed by atoms with E-state index in [9.17, 15) is 22.8 Å². The van der Waals surface area contributed by atoms with Crippen molar-refractivity contribution in [1.29, 1.82) is 0 Å². The van der Waals surface area contributed by atoms with Gasteiger partial charge in [-0.3, -0.25) is 9.59 Å². The van der Waals surface area contributed by atoms with Gasteiger partial charge in [-0.15, -0.1) is 0 Å². The summed E-state index contributed by atoms with van der Waals surface area (Å²) in [6.45, 7) is -0.0407. The number of hydrogen-bond donors (Lipinski definition) is 2. The Bertz CT molecular complexity index is 1160. The first-order valence-electron chi connectivity index (χ1n) is 8.83. The van der Waals surface area contributed by atoms with Gasteiger partial charge in [-0.1, -0.05) is 17.9 Å². The van der Waals surface area contributed by atoms with E-state index in [2.05, 4.69) is 38.4 Å². The fraction of sp³-hybridized carbons (Fsp3) is 0.0909. The number of hydrogen-bond acceptors (Lipinski definition) is 3. The Hall–Kier alpha value is -3.51. The van der Waals surface area contributed by atoms with Crippen molar-refractivity contribution in [3.63, 3.8) is 0 Å². The minimum absolute atomic E-state index is 0.0407. The van der Waals surface area contributed by atoms with Crippen molar-refractivity contribution in [2.24, 2.45) is 0 Å². The lowest BCUT2D eigenvalue weighted by Crippen LogP contribution is -2.23. The van der Waals surface area contributed by atoms with Crippen LogP contribution in [0.5, 0.6) is 0 Å². The molecule has 0 fully saturated rings. The first kappa shape index (κ1) is 22.2. The summed E-state index contributed by atoms with van der Waals surface area (Å²) in [5, 5.41) is 5.20. The highest BCUT2D eigenvalue weighted by atomic mass is 79.9. The maximum atomic E-state index is 12.7. The van der Waals surface area contributed by atoms with Crippen LogP contribution in [0.3, 0.4) is 0 Å². The van der Waals surface area contributed by atoms with Crippen LogP contribution in [0.25, 0.3) is 0 Å². The van der Waals surface area contributed by atoms with Crippen molar-refractivity contribution in [2.45, 2.75) is 6.18 Å². The number of furan rings is 1. The molecule has 3 rings (SSSR count). The summed E-state index contributed by atoms with van der Waals surface area (Å²) < 4.78 is 43.7. The highest BCUT2D eigenvalue weighted by Crippen LogP contribution is 2.29. The molecule has 0 atom stereocenters. The van der Waals surface area contributed by atoms with Crippen LogP contribution in [0.15, 0.2) is 69.8 Å². The average Bonchev–Trinajstić information content (AvgIpc) is 3.18. The van der Waals surface area contributed by atoms with Crippen LogP contribution in [-0.2, 0) is 6.18 Å². The Morgan fingerprint density at radius 3 is 2.39 bits per heavy atom. The molecule has 0 spiro atoms. The third kappa shape index (κ3) is 6.23. The molecule has 0 bridgehead atoms. The standard InChI is InChI=1S/C22H14BrF3N2O3/c23-19-11-10-18(31-19)21(30)28-17-8-6-15(7-9-17)20(29)27-12-2-4-14-3-1-5-16(13-14)22(24,25)26/h1,3,5-11,13H,12H2,(H,27,29)(H,28,30).